The molecule has 15 bridgehead atoms. The molecule has 16 aliphatic rings. The van der Waals surface area contributed by atoms with Gasteiger partial charge < -0.3 is 45.5 Å². The highest BCUT2D eigenvalue weighted by Gasteiger charge is 2.87. The summed E-state index contributed by atoms with van der Waals surface area (Å²) in [5.41, 5.74) is -1.51. The molecule has 0 amide bonds. The third kappa shape index (κ3) is 8.00. The molecule has 1 heterocycles. The summed E-state index contributed by atoms with van der Waals surface area (Å²) in [6.45, 7) is -0.142. The molecular weight excluding hydrogens is 1110 g/mol. The highest BCUT2D eigenvalue weighted by atomic mass is 16.5. The van der Waals surface area contributed by atoms with Crippen LogP contribution in [0.5, 0.6) is 0 Å². The Morgan fingerprint density at radius 2 is 1.48 bits per heavy atom. The summed E-state index contributed by atoms with van der Waals surface area (Å²) in [5.74, 6) is 5.18. The SMILES string of the molecule is CNC1Cc2c(cccc2CO)C#CC23CCC(Cc4cccc(c4)C4(CCCC4)c4cccc(c4)CCC4CCC5(C4)CC4(C=O)C6CCC7(C2)C2C8=CC(=O)OC8C1CC2CC7(O)C6(O)C(O)C1CC2C(C=CCC2C2CCCC2)CC(C5O)C14O)C3. The number of aliphatic hydroxyl groups is 6. The monoisotopic (exact) mass is 1200 g/mol. The second-order valence-electron chi connectivity index (χ2n) is 33.1. The Kier molecular flexibility index (Phi) is 13.6. The molecule has 1 aliphatic heterocycles. The van der Waals surface area contributed by atoms with Crippen molar-refractivity contribution in [3.05, 3.63) is 129 Å². The number of esters is 1. The number of rotatable bonds is 4. The number of ether oxygens (including phenoxy) is 1. The van der Waals surface area contributed by atoms with E-state index in [0.717, 1.165) is 106 Å². The Balaban J connectivity index is 0.899. The number of aldehydes is 1. The zero-order chi connectivity index (χ0) is 60.7. The lowest BCUT2D eigenvalue weighted by atomic mass is 9.32. The minimum Gasteiger partial charge on any atom is -0.454 e. The molecule has 22 atom stereocenters. The van der Waals surface area contributed by atoms with Gasteiger partial charge in [0.15, 0.2) is 0 Å². The van der Waals surface area contributed by atoms with Crippen molar-refractivity contribution >= 4 is 12.3 Å². The lowest BCUT2D eigenvalue weighted by Gasteiger charge is -2.75. The van der Waals surface area contributed by atoms with Gasteiger partial charge in [-0.3, -0.25) is 0 Å². The number of benzene rings is 3. The van der Waals surface area contributed by atoms with E-state index in [2.05, 4.69) is 83.9 Å². The molecule has 3 aromatic rings. The van der Waals surface area contributed by atoms with Crippen LogP contribution >= 0.6 is 0 Å². The molecule has 0 aromatic heterocycles. The van der Waals surface area contributed by atoms with Gasteiger partial charge in [-0.05, 0) is 240 Å². The molecule has 10 heteroatoms. The van der Waals surface area contributed by atoms with Crippen LogP contribution in [-0.2, 0) is 45.6 Å². The number of nitrogens with one attached hydrogen (secondary N) is 1. The van der Waals surface area contributed by atoms with Crippen LogP contribution in [0.4, 0.5) is 0 Å². The molecule has 22 unspecified atom stereocenters. The Bertz CT molecular complexity index is 3480. The summed E-state index contributed by atoms with van der Waals surface area (Å²) < 4.78 is 6.60. The van der Waals surface area contributed by atoms with Gasteiger partial charge in [0.2, 0.25) is 0 Å². The largest absolute Gasteiger partial charge is 0.454 e. The molecule has 472 valence electrons. The average Bonchev–Trinajstić information content (AvgIpc) is 1.59. The van der Waals surface area contributed by atoms with E-state index < -0.39 is 86.4 Å². The minimum absolute atomic E-state index is 0.0104. The van der Waals surface area contributed by atoms with E-state index in [4.69, 9.17) is 4.74 Å². The fraction of sp³-hybridized carbons (Fsp3) is 0.671. The predicted octanol–water partition coefficient (Wildman–Crippen LogP) is 11.1. The highest BCUT2D eigenvalue weighted by molar-refractivity contribution is 5.86. The maximum atomic E-state index is 15.8. The number of aliphatic hydroxyl groups excluding tert-OH is 3. The predicted molar refractivity (Wildman–Crippen MR) is 339 cm³/mol. The van der Waals surface area contributed by atoms with Crippen LogP contribution in [-0.4, -0.2) is 91.1 Å². The third-order valence-electron chi connectivity index (χ3n) is 30.0. The standard InChI is InChI=1S/C79H97NO9/c1-80-65-38-59-52(14-8-16-54(59)43-81)24-29-72-28-22-50(40-72)32-49-11-7-18-57(34-49)74(26-4-5-27-74)56-17-6-10-47(33-56)20-21-48-23-30-73(41-48)45-76(46-82)66-25-31-75(44-72)68-55(35-61(65)69-62(68)39-67(83)89-69)42-77(75,86)79(66,88)71(85)64-37-60-53(36-63(70(73)84)78(64,76)87)15-9-19-58(60)51-12-2-3-13-51/h6-11,14-18,33-34,39,46,48,50-51,53,55,58,60-61,63-66,68-71,80-81,84-88H,2-5,12-13,19-23,25-28,30-32,35-38,40-45H2,1H3. The number of fused-ring (bicyclic) bond motifs is 4. The van der Waals surface area contributed by atoms with Crippen molar-refractivity contribution in [1.29, 1.82) is 0 Å². The number of likely N-dealkylation sites (N-methyl/N-ethyl adjacent to an activating group) is 1. The quantitative estimate of drug-likeness (QED) is 0.0576. The first-order valence-electron chi connectivity index (χ1n) is 35.8. The summed E-state index contributed by atoms with van der Waals surface area (Å²) in [7, 11) is 1.96. The normalized spacial score (nSPS) is 47.0. The van der Waals surface area contributed by atoms with Gasteiger partial charge in [-0.2, -0.15) is 0 Å². The van der Waals surface area contributed by atoms with Crippen LogP contribution in [0, 0.1) is 105 Å². The van der Waals surface area contributed by atoms with Crippen LogP contribution < -0.4 is 5.32 Å². The summed E-state index contributed by atoms with van der Waals surface area (Å²) in [4.78, 5) is 30.1. The van der Waals surface area contributed by atoms with E-state index in [1.807, 2.05) is 19.2 Å². The van der Waals surface area contributed by atoms with Crippen molar-refractivity contribution < 1.29 is 45.0 Å². The lowest BCUT2D eigenvalue weighted by Crippen LogP contribution is -2.86. The average molecular weight is 1200 g/mol. The maximum absolute atomic E-state index is 15.8. The van der Waals surface area contributed by atoms with Crippen LogP contribution in [0.3, 0.4) is 0 Å². The van der Waals surface area contributed by atoms with Gasteiger partial charge >= 0.3 is 5.97 Å². The van der Waals surface area contributed by atoms with Crippen molar-refractivity contribution in [3.63, 3.8) is 0 Å². The van der Waals surface area contributed by atoms with Crippen molar-refractivity contribution in [2.24, 2.45) is 92.7 Å². The second-order valence-corrected chi connectivity index (χ2v) is 33.1. The van der Waals surface area contributed by atoms with Gasteiger partial charge in [-0.1, -0.05) is 123 Å². The van der Waals surface area contributed by atoms with Crippen LogP contribution in [0.25, 0.3) is 0 Å². The van der Waals surface area contributed by atoms with E-state index in [1.165, 1.54) is 47.9 Å². The summed E-state index contributed by atoms with van der Waals surface area (Å²) in [5, 5.41) is 89.0. The fourth-order valence-electron chi connectivity index (χ4n) is 26.6. The molecular formula is C79H97NO9. The molecule has 15 aliphatic carbocycles. The minimum atomic E-state index is -2.29. The zero-order valence-electron chi connectivity index (χ0n) is 52.6. The van der Waals surface area contributed by atoms with Gasteiger partial charge in [0, 0.05) is 57.6 Å². The summed E-state index contributed by atoms with van der Waals surface area (Å²) >= 11 is 0. The Morgan fingerprint density at radius 1 is 0.719 bits per heavy atom. The van der Waals surface area contributed by atoms with Crippen molar-refractivity contribution in [1.82, 2.24) is 5.32 Å². The lowest BCUT2D eigenvalue weighted by molar-refractivity contribution is -0.385. The van der Waals surface area contributed by atoms with E-state index in [9.17, 15) is 25.2 Å². The summed E-state index contributed by atoms with van der Waals surface area (Å²) in [6, 6.07) is 24.8. The molecule has 7 N–H and O–H groups in total. The number of aryl methyl sites for hydroxylation is 1. The van der Waals surface area contributed by atoms with Crippen molar-refractivity contribution in [3.8, 4) is 11.8 Å². The van der Waals surface area contributed by atoms with Gasteiger partial charge in [0.25, 0.3) is 0 Å². The maximum Gasteiger partial charge on any atom is 0.331 e. The van der Waals surface area contributed by atoms with E-state index in [1.54, 1.807) is 6.08 Å². The van der Waals surface area contributed by atoms with Gasteiger partial charge in [-0.25, -0.2) is 4.79 Å². The van der Waals surface area contributed by atoms with E-state index in [0.29, 0.717) is 63.2 Å². The smallest absolute Gasteiger partial charge is 0.331 e. The Labute approximate surface area is 527 Å². The van der Waals surface area contributed by atoms with E-state index in [-0.39, 0.29) is 72.8 Å². The van der Waals surface area contributed by atoms with Gasteiger partial charge in [0.05, 0.1) is 29.8 Å². The number of hydrogen-bond donors (Lipinski definition) is 7. The molecule has 4 spiro atoms. The molecule has 19 rings (SSSR count). The first-order chi connectivity index (χ1) is 43.1. The van der Waals surface area contributed by atoms with Crippen LogP contribution in [0.15, 0.2) is 90.5 Å². The number of carbonyl (C=O) groups excluding carboxylic acids is 2. The fourth-order valence-corrected chi connectivity index (χ4v) is 26.6. The Hall–Kier alpha value is -4.44. The van der Waals surface area contributed by atoms with Crippen LogP contribution in [0.1, 0.15) is 193 Å². The summed E-state index contributed by atoms with van der Waals surface area (Å²) in [6.07, 6.45) is 25.3. The molecule has 3 aromatic carbocycles. The van der Waals surface area contributed by atoms with Gasteiger partial charge in [-0.15, -0.1) is 0 Å². The molecule has 10 saturated carbocycles. The van der Waals surface area contributed by atoms with Gasteiger partial charge in [0.1, 0.15) is 23.6 Å². The first-order valence-corrected chi connectivity index (χ1v) is 35.8. The van der Waals surface area contributed by atoms with Crippen molar-refractivity contribution in [2.75, 3.05) is 7.05 Å². The Morgan fingerprint density at radius 3 is 2.27 bits per heavy atom. The first kappa shape index (κ1) is 58.4. The molecule has 89 heavy (non-hydrogen) atoms. The van der Waals surface area contributed by atoms with E-state index >= 15 is 15.0 Å². The molecule has 0 radical (unpaired) electrons. The molecule has 10 nitrogen and oxygen atoms in total. The second kappa shape index (κ2) is 20.8. The van der Waals surface area contributed by atoms with Crippen molar-refractivity contribution in [2.45, 2.75) is 227 Å². The number of hydrogen-bond acceptors (Lipinski definition) is 10. The number of carbonyl (C=O) groups is 2. The third-order valence-corrected chi connectivity index (χ3v) is 30.0. The van der Waals surface area contributed by atoms with Crippen LogP contribution in [0.2, 0.25) is 0 Å². The molecule has 0 saturated heterocycles. The number of allylic oxidation sites excluding steroid dienone is 2. The zero-order valence-corrected chi connectivity index (χ0v) is 52.6. The topological polar surface area (TPSA) is 177 Å². The highest BCUT2D eigenvalue weighted by Crippen LogP contribution is 2.81. The molecule has 10 fully saturated rings.